The molecule has 8 saturated carbocycles. The van der Waals surface area contributed by atoms with Gasteiger partial charge in [-0.05, 0) is 201 Å². The monoisotopic (exact) mass is 939 g/mol. The average molecular weight is 939 g/mol. The van der Waals surface area contributed by atoms with Crippen molar-refractivity contribution >= 4 is 17.9 Å². The number of hydrogen-bond donors (Lipinski definition) is 2. The molecule has 0 aromatic carbocycles. The Bertz CT molecular complexity index is 1510. The van der Waals surface area contributed by atoms with E-state index in [1.807, 2.05) is 0 Å². The Hall–Kier alpha value is -1.75. The summed E-state index contributed by atoms with van der Waals surface area (Å²) >= 11 is 0. The van der Waals surface area contributed by atoms with Gasteiger partial charge in [-0.15, -0.1) is 0 Å². The van der Waals surface area contributed by atoms with Crippen molar-refractivity contribution < 1.29 is 48.6 Å². The maximum atomic E-state index is 13.5. The molecule has 67 heavy (non-hydrogen) atoms. The number of ether oxygens (including phenoxy) is 3. The quantitative estimate of drug-likeness (QED) is 0.0776. The highest BCUT2D eigenvalue weighted by atomic mass is 17.2. The lowest BCUT2D eigenvalue weighted by Crippen LogP contribution is -2.41. The lowest BCUT2D eigenvalue weighted by molar-refractivity contribution is -0.338. The van der Waals surface area contributed by atoms with Gasteiger partial charge in [0.2, 0.25) is 0 Å². The molecule has 0 heterocycles. The van der Waals surface area contributed by atoms with E-state index < -0.39 is 23.8 Å². The first-order valence-electron chi connectivity index (χ1n) is 28.7. The van der Waals surface area contributed by atoms with Gasteiger partial charge >= 0.3 is 17.9 Å². The Balaban J connectivity index is 0.678. The number of hydrogen-bond acceptors (Lipinski definition) is 8. The molecule has 0 aromatic rings. The van der Waals surface area contributed by atoms with Crippen molar-refractivity contribution in [2.45, 2.75) is 269 Å². The van der Waals surface area contributed by atoms with Crippen LogP contribution in [0.5, 0.6) is 0 Å². The van der Waals surface area contributed by atoms with E-state index in [0.717, 1.165) is 133 Å². The molecule has 382 valence electrons. The molecule has 2 N–H and O–H groups in total. The van der Waals surface area contributed by atoms with Gasteiger partial charge in [-0.1, -0.05) is 78.1 Å². The summed E-state index contributed by atoms with van der Waals surface area (Å²) in [6, 6.07) is 0. The molecule has 8 rings (SSSR count). The van der Waals surface area contributed by atoms with Crippen molar-refractivity contribution in [2.75, 3.05) is 6.61 Å². The largest absolute Gasteiger partial charge is 0.481 e. The zero-order valence-corrected chi connectivity index (χ0v) is 42.1. The molecule has 0 amide bonds. The predicted molar refractivity (Wildman–Crippen MR) is 259 cm³/mol. The van der Waals surface area contributed by atoms with Gasteiger partial charge < -0.3 is 24.4 Å². The van der Waals surface area contributed by atoms with E-state index in [9.17, 15) is 24.6 Å². The van der Waals surface area contributed by atoms with E-state index in [0.29, 0.717) is 55.0 Å². The third kappa shape index (κ3) is 14.7. The van der Waals surface area contributed by atoms with Gasteiger partial charge in [-0.25, -0.2) is 9.78 Å². The second-order valence-corrected chi connectivity index (χ2v) is 24.7. The van der Waals surface area contributed by atoms with E-state index in [2.05, 4.69) is 13.8 Å². The van der Waals surface area contributed by atoms with Crippen LogP contribution in [0.4, 0.5) is 0 Å². The van der Waals surface area contributed by atoms with Crippen LogP contribution in [0.2, 0.25) is 0 Å². The van der Waals surface area contributed by atoms with Crippen LogP contribution in [0.25, 0.3) is 0 Å². The first-order valence-corrected chi connectivity index (χ1v) is 28.7. The van der Waals surface area contributed by atoms with Crippen molar-refractivity contribution in [3.63, 3.8) is 0 Å². The summed E-state index contributed by atoms with van der Waals surface area (Å²) in [4.78, 5) is 49.7. The maximum absolute atomic E-state index is 13.5. The Morgan fingerprint density at radius 2 is 0.851 bits per heavy atom. The van der Waals surface area contributed by atoms with Gasteiger partial charge in [0.05, 0.1) is 54.9 Å². The van der Waals surface area contributed by atoms with Gasteiger partial charge in [-0.3, -0.25) is 14.4 Å². The molecule has 6 unspecified atom stereocenters. The molecule has 6 atom stereocenters. The van der Waals surface area contributed by atoms with Gasteiger partial charge in [0.15, 0.2) is 0 Å². The molecular formula is C57H94O10. The van der Waals surface area contributed by atoms with Crippen molar-refractivity contribution in [3.05, 3.63) is 0 Å². The Morgan fingerprint density at radius 3 is 1.33 bits per heavy atom. The van der Waals surface area contributed by atoms with Crippen LogP contribution in [0.15, 0.2) is 0 Å². The number of aliphatic carboxylic acids is 2. The molecule has 8 fully saturated rings. The number of esters is 1. The van der Waals surface area contributed by atoms with Gasteiger partial charge in [-0.2, -0.15) is 0 Å². The molecule has 0 bridgehead atoms. The van der Waals surface area contributed by atoms with Crippen LogP contribution in [0.1, 0.15) is 232 Å². The summed E-state index contributed by atoms with van der Waals surface area (Å²) in [5.41, 5.74) is 0.305. The fraction of sp³-hybridized carbons (Fsp3) is 0.947. The minimum Gasteiger partial charge on any atom is -0.481 e. The molecule has 10 heteroatoms. The van der Waals surface area contributed by atoms with Gasteiger partial charge in [0.1, 0.15) is 6.10 Å². The van der Waals surface area contributed by atoms with Crippen LogP contribution in [0.3, 0.4) is 0 Å². The van der Waals surface area contributed by atoms with E-state index in [1.54, 1.807) is 0 Å². The van der Waals surface area contributed by atoms with Crippen LogP contribution in [0, 0.1) is 64.6 Å². The average Bonchev–Trinajstić information content (AvgIpc) is 3.33. The normalized spacial score (nSPS) is 38.8. The zero-order chi connectivity index (χ0) is 46.8. The standard InChI is InChI=1S/C57H94O10/c1-57(2,43-15-19-45(20-16-43)64-47-23-25-49(26-24-47)66-56(62)53-36-41(14-32-52(53)55(60)61)34-39-11-7-4-8-12-39)44-17-21-46(22-18-44)65-48-27-29-50(30-28-48)67-63-37-42-35-40(13-31-51(42)54(58)59)33-38-9-5-3-6-10-38/h38-53H,3-37H2,1-2H3,(H,58,59)(H,60,61). The first kappa shape index (κ1) is 51.6. The maximum Gasteiger partial charge on any atom is 0.310 e. The van der Waals surface area contributed by atoms with E-state index in [1.165, 1.54) is 96.3 Å². The lowest BCUT2D eigenvalue weighted by Gasteiger charge is -2.47. The first-order chi connectivity index (χ1) is 32.5. The zero-order valence-electron chi connectivity index (χ0n) is 42.1. The van der Waals surface area contributed by atoms with Crippen LogP contribution in [-0.2, 0) is 38.4 Å². The van der Waals surface area contributed by atoms with Crippen molar-refractivity contribution in [3.8, 4) is 0 Å². The minimum absolute atomic E-state index is 0.0426. The predicted octanol–water partition coefficient (Wildman–Crippen LogP) is 13.5. The van der Waals surface area contributed by atoms with Crippen molar-refractivity contribution in [1.82, 2.24) is 0 Å². The summed E-state index contributed by atoms with van der Waals surface area (Å²) in [6.45, 7) is 5.46. The minimum atomic E-state index is -0.836. The summed E-state index contributed by atoms with van der Waals surface area (Å²) in [7, 11) is 0. The number of carboxylic acids is 2. The topological polar surface area (TPSA) is 138 Å². The molecule has 0 aromatic heterocycles. The Kier molecular flexibility index (Phi) is 19.3. The second-order valence-electron chi connectivity index (χ2n) is 24.7. The molecule has 0 saturated heterocycles. The van der Waals surface area contributed by atoms with Crippen LogP contribution >= 0.6 is 0 Å². The summed E-state index contributed by atoms with van der Waals surface area (Å²) in [5, 5.41) is 19.9. The summed E-state index contributed by atoms with van der Waals surface area (Å²) in [5.74, 6) is 0.934. The Morgan fingerprint density at radius 1 is 0.433 bits per heavy atom. The highest BCUT2D eigenvalue weighted by Gasteiger charge is 2.44. The van der Waals surface area contributed by atoms with E-state index in [-0.39, 0.29) is 36.1 Å². The molecule has 10 nitrogen and oxygen atoms in total. The number of carbonyl (C=O) groups excluding carboxylic acids is 1. The molecule has 0 radical (unpaired) electrons. The van der Waals surface area contributed by atoms with E-state index in [4.69, 9.17) is 24.0 Å². The molecular weight excluding hydrogens is 845 g/mol. The van der Waals surface area contributed by atoms with Crippen molar-refractivity contribution in [2.24, 2.45) is 64.6 Å². The van der Waals surface area contributed by atoms with Crippen LogP contribution < -0.4 is 0 Å². The number of rotatable bonds is 18. The third-order valence-corrected chi connectivity index (χ3v) is 20.0. The highest BCUT2D eigenvalue weighted by molar-refractivity contribution is 5.81. The molecule has 0 aliphatic heterocycles. The van der Waals surface area contributed by atoms with Crippen LogP contribution in [-0.4, -0.2) is 71.4 Å². The fourth-order valence-corrected chi connectivity index (χ4v) is 15.7. The fourth-order valence-electron chi connectivity index (χ4n) is 15.7. The summed E-state index contributed by atoms with van der Waals surface area (Å²) < 4.78 is 19.6. The third-order valence-electron chi connectivity index (χ3n) is 20.0. The van der Waals surface area contributed by atoms with E-state index >= 15 is 0 Å². The van der Waals surface area contributed by atoms with Crippen molar-refractivity contribution in [1.29, 1.82) is 0 Å². The second kappa shape index (κ2) is 25.1. The van der Waals surface area contributed by atoms with Gasteiger partial charge in [0, 0.05) is 0 Å². The number of carboxylic acid groups (broad SMARTS) is 2. The smallest absolute Gasteiger partial charge is 0.310 e. The SMILES string of the molecule is CC(C)(C1CCC(OC2CCC(OOCC3CC(CC4CCCCC4)CCC3C(=O)O)CC2)CC1)C1CCC(OC2CCC(OC(=O)C3CC(CC4CCCCC4)CCC3C(=O)O)CC2)CC1. The highest BCUT2D eigenvalue weighted by Crippen LogP contribution is 2.50. The molecule has 8 aliphatic rings. The lowest BCUT2D eigenvalue weighted by atomic mass is 9.60. The molecule has 0 spiro atoms. The molecule has 8 aliphatic carbocycles. The summed E-state index contributed by atoms with van der Waals surface area (Å²) in [6.07, 6.45) is 38.7. The Labute approximate surface area is 405 Å². The number of carbonyl (C=O) groups is 3. The van der Waals surface area contributed by atoms with Gasteiger partial charge in [0.25, 0.3) is 0 Å².